The fourth-order valence-electron chi connectivity index (χ4n) is 2.78. The normalized spacial score (nSPS) is 32.6. The van der Waals surface area contributed by atoms with Crippen LogP contribution in [0.15, 0.2) is 0 Å². The summed E-state index contributed by atoms with van der Waals surface area (Å²) in [7, 11) is 0. The zero-order chi connectivity index (χ0) is 12.6. The lowest BCUT2D eigenvalue weighted by Gasteiger charge is -2.24. The Balaban J connectivity index is 1.64. The molecule has 2 rings (SSSR count). The molecule has 2 fully saturated rings. The second-order valence-corrected chi connectivity index (χ2v) is 5.38. The molecule has 3 heteroatoms. The van der Waals surface area contributed by atoms with Crippen LogP contribution in [0.4, 0.5) is 0 Å². The molecule has 3 unspecified atom stereocenters. The van der Waals surface area contributed by atoms with E-state index in [1.54, 1.807) is 0 Å². The van der Waals surface area contributed by atoms with E-state index in [4.69, 9.17) is 14.6 Å². The molecule has 0 radical (unpaired) electrons. The first-order valence-electron chi connectivity index (χ1n) is 7.17. The summed E-state index contributed by atoms with van der Waals surface area (Å²) in [6.07, 6.45) is 7.01. The molecule has 0 amide bonds. The highest BCUT2D eigenvalue weighted by molar-refractivity contribution is 5.05. The highest BCUT2D eigenvalue weighted by atomic mass is 16.5. The van der Waals surface area contributed by atoms with E-state index in [-0.39, 0.29) is 6.10 Å². The van der Waals surface area contributed by atoms with Crippen LogP contribution in [0.5, 0.6) is 0 Å². The molecule has 1 N–H and O–H groups in total. The zero-order valence-corrected chi connectivity index (χ0v) is 11.1. The van der Waals surface area contributed by atoms with Gasteiger partial charge in [0.05, 0.1) is 12.7 Å². The molecule has 0 bridgehead atoms. The van der Waals surface area contributed by atoms with E-state index in [1.807, 2.05) is 0 Å². The molecule has 1 saturated carbocycles. The van der Waals surface area contributed by atoms with Crippen LogP contribution in [0.2, 0.25) is 0 Å². The second-order valence-electron chi connectivity index (χ2n) is 5.38. The van der Waals surface area contributed by atoms with Crippen LogP contribution in [0.3, 0.4) is 0 Å². The Hall–Kier alpha value is -0.560. The Morgan fingerprint density at radius 3 is 2.94 bits per heavy atom. The predicted octanol–water partition coefficient (Wildman–Crippen LogP) is 1.98. The van der Waals surface area contributed by atoms with Gasteiger partial charge in [0.2, 0.25) is 0 Å². The number of aliphatic hydroxyl groups is 1. The quantitative estimate of drug-likeness (QED) is 0.781. The summed E-state index contributed by atoms with van der Waals surface area (Å²) in [5.41, 5.74) is 0. The van der Waals surface area contributed by atoms with E-state index >= 15 is 0 Å². The smallest absolute Gasteiger partial charge is 0.108 e. The number of hydrogen-bond acceptors (Lipinski definition) is 3. The topological polar surface area (TPSA) is 38.7 Å². The van der Waals surface area contributed by atoms with Crippen molar-refractivity contribution in [2.45, 2.75) is 44.6 Å². The van der Waals surface area contributed by atoms with Crippen LogP contribution in [0, 0.1) is 23.7 Å². The van der Waals surface area contributed by atoms with Gasteiger partial charge < -0.3 is 14.6 Å². The first-order chi connectivity index (χ1) is 8.88. The molecule has 0 spiro atoms. The highest BCUT2D eigenvalue weighted by Crippen LogP contribution is 2.27. The molecule has 18 heavy (non-hydrogen) atoms. The Labute approximate surface area is 110 Å². The van der Waals surface area contributed by atoms with E-state index in [9.17, 15) is 0 Å². The van der Waals surface area contributed by atoms with Gasteiger partial charge in [-0.25, -0.2) is 0 Å². The third-order valence-corrected chi connectivity index (χ3v) is 3.86. The van der Waals surface area contributed by atoms with Crippen LogP contribution in [0.1, 0.15) is 38.5 Å². The van der Waals surface area contributed by atoms with Crippen LogP contribution in [0.25, 0.3) is 0 Å². The Kier molecular flexibility index (Phi) is 5.99. The van der Waals surface area contributed by atoms with E-state index in [0.717, 1.165) is 38.9 Å². The minimum absolute atomic E-state index is 0.240. The maximum Gasteiger partial charge on any atom is 0.108 e. The van der Waals surface area contributed by atoms with Crippen molar-refractivity contribution in [1.29, 1.82) is 0 Å². The first-order valence-corrected chi connectivity index (χ1v) is 7.17. The Morgan fingerprint density at radius 1 is 1.22 bits per heavy atom. The maximum atomic E-state index is 9.16. The van der Waals surface area contributed by atoms with Gasteiger partial charge in [-0.15, -0.1) is 0 Å². The van der Waals surface area contributed by atoms with E-state index in [0.29, 0.717) is 25.0 Å². The van der Waals surface area contributed by atoms with Gasteiger partial charge in [0.1, 0.15) is 6.61 Å². The number of rotatable bonds is 3. The number of hydrogen-bond donors (Lipinski definition) is 1. The maximum absolute atomic E-state index is 9.16. The zero-order valence-electron chi connectivity index (χ0n) is 11.1. The average molecular weight is 252 g/mol. The largest absolute Gasteiger partial charge is 0.396 e. The van der Waals surface area contributed by atoms with Gasteiger partial charge in [-0.2, -0.15) is 0 Å². The molecule has 1 saturated heterocycles. The monoisotopic (exact) mass is 252 g/mol. The lowest BCUT2D eigenvalue weighted by Crippen LogP contribution is -2.25. The van der Waals surface area contributed by atoms with Crippen LogP contribution in [-0.2, 0) is 9.47 Å². The molecule has 1 aliphatic carbocycles. The summed E-state index contributed by atoms with van der Waals surface area (Å²) in [6, 6.07) is 0. The second kappa shape index (κ2) is 7.78. The standard InChI is InChI=1S/C15H24O3/c16-11-14-5-1-4-13(10-14)6-2-9-18-15-7-3-8-17-12-15/h13-16H,1,3-5,7-12H2. The van der Waals surface area contributed by atoms with Crippen LogP contribution < -0.4 is 0 Å². The van der Waals surface area contributed by atoms with Crippen LogP contribution >= 0.6 is 0 Å². The van der Waals surface area contributed by atoms with Crippen LogP contribution in [-0.4, -0.2) is 37.6 Å². The average Bonchev–Trinajstić information content (AvgIpc) is 2.45. The summed E-state index contributed by atoms with van der Waals surface area (Å²) in [4.78, 5) is 0. The van der Waals surface area contributed by atoms with Gasteiger partial charge in [0.15, 0.2) is 0 Å². The Morgan fingerprint density at radius 2 is 2.17 bits per heavy atom. The van der Waals surface area contributed by atoms with Gasteiger partial charge in [-0.1, -0.05) is 18.3 Å². The lowest BCUT2D eigenvalue weighted by molar-refractivity contribution is -0.0394. The fourth-order valence-corrected chi connectivity index (χ4v) is 2.78. The predicted molar refractivity (Wildman–Crippen MR) is 70.1 cm³/mol. The molecule has 2 aliphatic rings. The molecule has 1 aliphatic heterocycles. The third kappa shape index (κ3) is 4.61. The van der Waals surface area contributed by atoms with E-state index in [1.165, 1.54) is 12.8 Å². The molecular weight excluding hydrogens is 228 g/mol. The van der Waals surface area contributed by atoms with Crippen molar-refractivity contribution in [2.75, 3.05) is 26.4 Å². The lowest BCUT2D eigenvalue weighted by atomic mass is 9.82. The van der Waals surface area contributed by atoms with Crippen molar-refractivity contribution in [3.63, 3.8) is 0 Å². The van der Waals surface area contributed by atoms with Crippen molar-refractivity contribution in [2.24, 2.45) is 11.8 Å². The van der Waals surface area contributed by atoms with E-state index < -0.39 is 0 Å². The molecule has 3 atom stereocenters. The Bertz CT molecular complexity index is 286. The molecule has 0 aromatic rings. The van der Waals surface area contributed by atoms with Gasteiger partial charge in [-0.3, -0.25) is 0 Å². The van der Waals surface area contributed by atoms with Gasteiger partial charge >= 0.3 is 0 Å². The van der Waals surface area contributed by atoms with Crippen molar-refractivity contribution in [3.05, 3.63) is 0 Å². The summed E-state index contributed by atoms with van der Waals surface area (Å²) < 4.78 is 11.0. The third-order valence-electron chi connectivity index (χ3n) is 3.86. The van der Waals surface area contributed by atoms with Crippen molar-refractivity contribution in [3.8, 4) is 11.8 Å². The summed E-state index contributed by atoms with van der Waals surface area (Å²) in [6.45, 7) is 2.43. The summed E-state index contributed by atoms with van der Waals surface area (Å²) in [5.74, 6) is 7.36. The van der Waals surface area contributed by atoms with Gasteiger partial charge in [-0.05, 0) is 38.0 Å². The number of aliphatic hydroxyl groups excluding tert-OH is 1. The summed E-state index contributed by atoms with van der Waals surface area (Å²) in [5, 5.41) is 9.16. The molecule has 1 heterocycles. The van der Waals surface area contributed by atoms with Crippen molar-refractivity contribution < 1.29 is 14.6 Å². The minimum Gasteiger partial charge on any atom is -0.396 e. The first kappa shape index (κ1) is 13.9. The molecule has 102 valence electrons. The van der Waals surface area contributed by atoms with Crippen molar-refractivity contribution in [1.82, 2.24) is 0 Å². The molecule has 3 nitrogen and oxygen atoms in total. The summed E-state index contributed by atoms with van der Waals surface area (Å²) >= 11 is 0. The molecular formula is C15H24O3. The van der Waals surface area contributed by atoms with Gasteiger partial charge in [0.25, 0.3) is 0 Å². The van der Waals surface area contributed by atoms with Gasteiger partial charge in [0, 0.05) is 19.1 Å². The fraction of sp³-hybridized carbons (Fsp3) is 0.867. The van der Waals surface area contributed by atoms with Crippen molar-refractivity contribution >= 4 is 0 Å². The SMILES string of the molecule is OCC1CCCC(C#CCOC2CCCOC2)C1. The molecule has 0 aromatic carbocycles. The highest BCUT2D eigenvalue weighted by Gasteiger charge is 2.19. The van der Waals surface area contributed by atoms with E-state index in [2.05, 4.69) is 11.8 Å². The molecule has 0 aromatic heterocycles. The number of ether oxygens (including phenoxy) is 2. The minimum atomic E-state index is 0.240.